The van der Waals surface area contributed by atoms with Crippen molar-refractivity contribution in [1.29, 1.82) is 0 Å². The van der Waals surface area contributed by atoms with Crippen LogP contribution in [0.1, 0.15) is 47.9 Å². The third kappa shape index (κ3) is 6.66. The molecule has 208 valence electrons. The Labute approximate surface area is 222 Å². The van der Waals surface area contributed by atoms with Gasteiger partial charge in [0.05, 0.1) is 5.54 Å². The molecule has 0 aliphatic heterocycles. The molecule has 0 heterocycles. The fourth-order valence-corrected chi connectivity index (χ4v) is 4.93. The van der Waals surface area contributed by atoms with E-state index in [0.717, 1.165) is 37.8 Å². The minimum absolute atomic E-state index is 0.00880. The standard InChI is InChI=1S/C29H28F6N2O2/c1-18-13-20(11-12-25(18)31)28(17-19-7-3-2-4-8-19,37-27(38)36-23-9-5-6-10-23)21-14-22(30)16-24(15-21)39-29(34,35)26(32)33/h2-4,7-8,11-16,23,26H,5-6,9-10,17H2,1H3,(H2,36,37,38)/t28-/m1/s1. The van der Waals surface area contributed by atoms with Gasteiger partial charge in [-0.3, -0.25) is 0 Å². The van der Waals surface area contributed by atoms with Crippen LogP contribution in [0.4, 0.5) is 31.1 Å². The molecule has 3 aromatic carbocycles. The zero-order chi connectivity index (χ0) is 28.2. The Morgan fingerprint density at radius 1 is 0.974 bits per heavy atom. The van der Waals surface area contributed by atoms with Gasteiger partial charge in [0, 0.05) is 18.5 Å². The molecule has 2 N–H and O–H groups in total. The number of aryl methyl sites for hydroxylation is 1. The van der Waals surface area contributed by atoms with Crippen molar-refractivity contribution in [1.82, 2.24) is 10.6 Å². The maximum atomic E-state index is 14.9. The highest BCUT2D eigenvalue weighted by Crippen LogP contribution is 2.38. The predicted octanol–water partition coefficient (Wildman–Crippen LogP) is 7.24. The van der Waals surface area contributed by atoms with E-state index in [0.29, 0.717) is 17.2 Å². The maximum Gasteiger partial charge on any atom is 0.461 e. The van der Waals surface area contributed by atoms with E-state index in [9.17, 15) is 31.1 Å². The number of nitrogens with one attached hydrogen (secondary N) is 2. The molecule has 1 atom stereocenters. The van der Waals surface area contributed by atoms with Crippen LogP contribution < -0.4 is 15.4 Å². The summed E-state index contributed by atoms with van der Waals surface area (Å²) in [5.41, 5.74) is -0.476. The summed E-state index contributed by atoms with van der Waals surface area (Å²) in [6.45, 7) is 1.51. The molecule has 0 spiro atoms. The quantitative estimate of drug-likeness (QED) is 0.276. The molecule has 0 unspecified atom stereocenters. The van der Waals surface area contributed by atoms with E-state index in [-0.39, 0.29) is 23.6 Å². The number of hydrogen-bond donors (Lipinski definition) is 2. The Hall–Kier alpha value is -3.69. The Kier molecular flexibility index (Phi) is 8.42. The van der Waals surface area contributed by atoms with Gasteiger partial charge in [0.15, 0.2) is 0 Å². The van der Waals surface area contributed by atoms with Crippen molar-refractivity contribution in [3.8, 4) is 5.75 Å². The number of urea groups is 1. The average molecular weight is 551 g/mol. The van der Waals surface area contributed by atoms with E-state index in [4.69, 9.17) is 0 Å². The van der Waals surface area contributed by atoms with Crippen LogP contribution in [-0.4, -0.2) is 24.6 Å². The fraction of sp³-hybridized carbons (Fsp3) is 0.345. The normalized spacial score (nSPS) is 15.7. The molecule has 3 aromatic rings. The highest BCUT2D eigenvalue weighted by molar-refractivity contribution is 5.76. The van der Waals surface area contributed by atoms with Gasteiger partial charge in [0.25, 0.3) is 0 Å². The van der Waals surface area contributed by atoms with Crippen LogP contribution in [0.25, 0.3) is 0 Å². The number of carbonyl (C=O) groups excluding carboxylic acids is 1. The molecule has 1 aliphatic rings. The minimum atomic E-state index is -4.88. The topological polar surface area (TPSA) is 50.4 Å². The van der Waals surface area contributed by atoms with Gasteiger partial charge < -0.3 is 15.4 Å². The molecule has 0 radical (unpaired) electrons. The molecule has 1 aliphatic carbocycles. The van der Waals surface area contributed by atoms with Crippen LogP contribution in [-0.2, 0) is 12.0 Å². The maximum absolute atomic E-state index is 14.9. The lowest BCUT2D eigenvalue weighted by Gasteiger charge is -2.37. The third-order valence-electron chi connectivity index (χ3n) is 6.85. The lowest BCUT2D eigenvalue weighted by molar-refractivity contribution is -0.253. The number of amides is 2. The van der Waals surface area contributed by atoms with Gasteiger partial charge in [0.2, 0.25) is 0 Å². The number of halogens is 6. The van der Waals surface area contributed by atoms with Crippen molar-refractivity contribution >= 4 is 6.03 Å². The SMILES string of the molecule is Cc1cc([C@@](Cc2ccccc2)(NC(=O)NC2CCCC2)c2cc(F)cc(OC(F)(F)C(F)F)c2)ccc1F. The number of alkyl halides is 4. The van der Waals surface area contributed by atoms with Crippen molar-refractivity contribution in [2.24, 2.45) is 0 Å². The van der Waals surface area contributed by atoms with Gasteiger partial charge in [-0.05, 0) is 60.2 Å². The third-order valence-corrected chi connectivity index (χ3v) is 6.85. The summed E-state index contributed by atoms with van der Waals surface area (Å²) in [5, 5.41) is 5.79. The van der Waals surface area contributed by atoms with E-state index in [1.165, 1.54) is 25.1 Å². The average Bonchev–Trinajstić information content (AvgIpc) is 3.38. The van der Waals surface area contributed by atoms with E-state index < -0.39 is 41.5 Å². The van der Waals surface area contributed by atoms with Crippen molar-refractivity contribution in [3.05, 3.63) is 101 Å². The number of rotatable bonds is 9. The van der Waals surface area contributed by atoms with Crippen LogP contribution >= 0.6 is 0 Å². The number of benzene rings is 3. The van der Waals surface area contributed by atoms with Crippen LogP contribution in [0, 0.1) is 18.6 Å². The summed E-state index contributed by atoms with van der Waals surface area (Å²) in [5.74, 6) is -2.44. The van der Waals surface area contributed by atoms with Crippen molar-refractivity contribution < 1.29 is 35.9 Å². The van der Waals surface area contributed by atoms with Crippen molar-refractivity contribution in [2.75, 3.05) is 0 Å². The van der Waals surface area contributed by atoms with Crippen LogP contribution in [0.2, 0.25) is 0 Å². The van der Waals surface area contributed by atoms with Crippen molar-refractivity contribution in [3.63, 3.8) is 0 Å². The van der Waals surface area contributed by atoms with Crippen molar-refractivity contribution in [2.45, 2.75) is 63.1 Å². The van der Waals surface area contributed by atoms with Gasteiger partial charge in [0.1, 0.15) is 17.4 Å². The first-order chi connectivity index (χ1) is 18.5. The second-order valence-electron chi connectivity index (χ2n) is 9.75. The zero-order valence-corrected chi connectivity index (χ0v) is 21.1. The largest absolute Gasteiger partial charge is 0.461 e. The summed E-state index contributed by atoms with van der Waals surface area (Å²) in [7, 11) is 0. The van der Waals surface area contributed by atoms with E-state index >= 15 is 0 Å². The molecule has 0 aromatic heterocycles. The molecule has 1 saturated carbocycles. The molecule has 39 heavy (non-hydrogen) atoms. The Balaban J connectivity index is 1.89. The van der Waals surface area contributed by atoms with E-state index in [1.54, 1.807) is 30.3 Å². The molecular weight excluding hydrogens is 522 g/mol. The minimum Gasteiger partial charge on any atom is -0.428 e. The molecule has 0 saturated heterocycles. The summed E-state index contributed by atoms with van der Waals surface area (Å²) in [6.07, 6.45) is -5.61. The molecule has 4 rings (SSSR count). The second-order valence-corrected chi connectivity index (χ2v) is 9.75. The molecule has 1 fully saturated rings. The number of ether oxygens (including phenoxy) is 1. The summed E-state index contributed by atoms with van der Waals surface area (Å²) >= 11 is 0. The smallest absolute Gasteiger partial charge is 0.428 e. The van der Waals surface area contributed by atoms with E-state index in [1.807, 2.05) is 0 Å². The monoisotopic (exact) mass is 550 g/mol. The van der Waals surface area contributed by atoms with Gasteiger partial charge in [-0.25, -0.2) is 13.6 Å². The Morgan fingerprint density at radius 2 is 1.67 bits per heavy atom. The van der Waals surface area contributed by atoms with Gasteiger partial charge in [-0.2, -0.15) is 17.6 Å². The van der Waals surface area contributed by atoms with Gasteiger partial charge in [-0.1, -0.05) is 55.3 Å². The zero-order valence-electron chi connectivity index (χ0n) is 21.1. The molecule has 4 nitrogen and oxygen atoms in total. The summed E-state index contributed by atoms with van der Waals surface area (Å²) < 4.78 is 86.7. The Bertz CT molecular complexity index is 1300. The highest BCUT2D eigenvalue weighted by Gasteiger charge is 2.45. The molecule has 10 heteroatoms. The second kappa shape index (κ2) is 11.6. The van der Waals surface area contributed by atoms with Gasteiger partial charge >= 0.3 is 18.6 Å². The number of hydrogen-bond acceptors (Lipinski definition) is 2. The first kappa shape index (κ1) is 28.3. The fourth-order valence-electron chi connectivity index (χ4n) is 4.93. The highest BCUT2D eigenvalue weighted by atomic mass is 19.3. The van der Waals surface area contributed by atoms with Crippen LogP contribution in [0.5, 0.6) is 5.75 Å². The predicted molar refractivity (Wildman–Crippen MR) is 134 cm³/mol. The van der Waals surface area contributed by atoms with Crippen LogP contribution in [0.15, 0.2) is 66.7 Å². The first-order valence-corrected chi connectivity index (χ1v) is 12.5. The van der Waals surface area contributed by atoms with E-state index in [2.05, 4.69) is 15.4 Å². The summed E-state index contributed by atoms with van der Waals surface area (Å²) in [4.78, 5) is 13.4. The Morgan fingerprint density at radius 3 is 2.31 bits per heavy atom. The molecule has 0 bridgehead atoms. The number of carbonyl (C=O) groups is 1. The molecular formula is C29H28F6N2O2. The summed E-state index contributed by atoms with van der Waals surface area (Å²) in [6, 6.07) is 14.7. The molecule has 2 amide bonds. The lowest BCUT2D eigenvalue weighted by atomic mass is 9.77. The van der Waals surface area contributed by atoms with Gasteiger partial charge in [-0.15, -0.1) is 0 Å². The van der Waals surface area contributed by atoms with Crippen LogP contribution in [0.3, 0.4) is 0 Å². The lowest BCUT2D eigenvalue weighted by Crippen LogP contribution is -2.53. The first-order valence-electron chi connectivity index (χ1n) is 12.5.